The van der Waals surface area contributed by atoms with Crippen LogP contribution in [0.3, 0.4) is 0 Å². The van der Waals surface area contributed by atoms with Crippen LogP contribution in [0.4, 0.5) is 0 Å². The lowest BCUT2D eigenvalue weighted by molar-refractivity contribution is -0.935. The van der Waals surface area contributed by atoms with E-state index in [1.807, 2.05) is 24.3 Å². The molecule has 3 heterocycles. The minimum atomic E-state index is -0.483. The third kappa shape index (κ3) is 4.83. The Balaban J connectivity index is 1.61. The molecule has 170 valence electrons. The van der Waals surface area contributed by atoms with Crippen molar-refractivity contribution in [3.05, 3.63) is 53.7 Å². The molecule has 0 saturated carbocycles. The molecule has 0 aliphatic carbocycles. The summed E-state index contributed by atoms with van der Waals surface area (Å²) in [5, 5.41) is 9.91. The van der Waals surface area contributed by atoms with Crippen LogP contribution < -0.4 is 9.64 Å². The average molecular weight is 458 g/mol. The molecule has 4 rings (SSSR count). The van der Waals surface area contributed by atoms with Gasteiger partial charge in [-0.3, -0.25) is 4.57 Å². The number of carbonyl (C=O) groups excluding carboxylic acids is 1. The molecule has 32 heavy (non-hydrogen) atoms. The smallest absolute Gasteiger partial charge is 0.373 e. The first-order valence-electron chi connectivity index (χ1n) is 10.8. The molecule has 1 N–H and O–H groups in total. The van der Waals surface area contributed by atoms with Gasteiger partial charge < -0.3 is 18.8 Å². The second-order valence-corrected chi connectivity index (χ2v) is 8.80. The van der Waals surface area contributed by atoms with Gasteiger partial charge in [-0.2, -0.15) is 0 Å². The predicted molar refractivity (Wildman–Crippen MR) is 120 cm³/mol. The number of nitrogens with zero attached hydrogens (tertiary/aromatic N) is 3. The van der Waals surface area contributed by atoms with Crippen molar-refractivity contribution in [2.45, 2.75) is 43.1 Å². The summed E-state index contributed by atoms with van der Waals surface area (Å²) in [5.74, 6) is 2.67. The van der Waals surface area contributed by atoms with Gasteiger partial charge >= 0.3 is 5.97 Å². The molecule has 0 spiro atoms. The van der Waals surface area contributed by atoms with E-state index >= 15 is 0 Å². The fraction of sp³-hybridized carbons (Fsp3) is 0.435. The average Bonchev–Trinajstić information content (AvgIpc) is 3.49. The van der Waals surface area contributed by atoms with E-state index in [4.69, 9.17) is 13.9 Å². The van der Waals surface area contributed by atoms with Crippen LogP contribution in [0.25, 0.3) is 5.69 Å². The molecule has 0 amide bonds. The minimum absolute atomic E-state index is 0.197. The van der Waals surface area contributed by atoms with Gasteiger partial charge in [-0.1, -0.05) is 11.8 Å². The minimum Gasteiger partial charge on any atom is -0.497 e. The van der Waals surface area contributed by atoms with Gasteiger partial charge in [0.05, 0.1) is 33.1 Å². The number of carbonyl (C=O) groups is 1. The summed E-state index contributed by atoms with van der Waals surface area (Å²) in [6, 6.07) is 11.6. The SMILES string of the molecule is COC(=O)c1ccc(CSc2nnc([C@@H](C)[NH+]3CCCCC3)n2-c2ccc(OC)cc2)o1. The van der Waals surface area contributed by atoms with Gasteiger partial charge in [0.25, 0.3) is 0 Å². The first-order valence-corrected chi connectivity index (χ1v) is 11.8. The Labute approximate surface area is 191 Å². The molecule has 1 fully saturated rings. The molecule has 3 aromatic rings. The zero-order valence-corrected chi connectivity index (χ0v) is 19.5. The van der Waals surface area contributed by atoms with Crippen LogP contribution >= 0.6 is 11.8 Å². The van der Waals surface area contributed by atoms with Crippen molar-refractivity contribution < 1.29 is 23.6 Å². The van der Waals surface area contributed by atoms with Gasteiger partial charge in [0, 0.05) is 5.69 Å². The van der Waals surface area contributed by atoms with Crippen LogP contribution in [0.2, 0.25) is 0 Å². The lowest BCUT2D eigenvalue weighted by Crippen LogP contribution is -3.12. The third-order valence-electron chi connectivity index (χ3n) is 5.88. The molecule has 1 aliphatic rings. The van der Waals surface area contributed by atoms with Gasteiger partial charge in [0.15, 0.2) is 11.0 Å². The highest BCUT2D eigenvalue weighted by Crippen LogP contribution is 2.28. The number of furan rings is 1. The molecule has 8 nitrogen and oxygen atoms in total. The van der Waals surface area contributed by atoms with Crippen molar-refractivity contribution in [2.24, 2.45) is 0 Å². The highest BCUT2D eigenvalue weighted by atomic mass is 32.2. The molecular formula is C23H29N4O4S+. The summed E-state index contributed by atoms with van der Waals surface area (Å²) in [7, 11) is 3.00. The van der Waals surface area contributed by atoms with Crippen molar-refractivity contribution >= 4 is 17.7 Å². The van der Waals surface area contributed by atoms with E-state index < -0.39 is 5.97 Å². The first kappa shape index (κ1) is 22.4. The fourth-order valence-electron chi connectivity index (χ4n) is 4.05. The maximum atomic E-state index is 11.7. The van der Waals surface area contributed by atoms with E-state index in [2.05, 4.69) is 21.7 Å². The quantitative estimate of drug-likeness (QED) is 0.411. The fourth-order valence-corrected chi connectivity index (χ4v) is 4.91. The van der Waals surface area contributed by atoms with E-state index in [1.165, 1.54) is 38.1 Å². The van der Waals surface area contributed by atoms with Gasteiger partial charge in [-0.25, -0.2) is 4.79 Å². The van der Waals surface area contributed by atoms with Crippen molar-refractivity contribution in [1.29, 1.82) is 0 Å². The number of piperidine rings is 1. The van der Waals surface area contributed by atoms with E-state index in [9.17, 15) is 4.79 Å². The lowest BCUT2D eigenvalue weighted by Gasteiger charge is -2.29. The van der Waals surface area contributed by atoms with Crippen molar-refractivity contribution in [2.75, 3.05) is 27.3 Å². The van der Waals surface area contributed by atoms with E-state index in [1.54, 1.807) is 24.1 Å². The Bertz CT molecular complexity index is 1040. The summed E-state index contributed by atoms with van der Waals surface area (Å²) in [6.07, 6.45) is 3.80. The number of ether oxygens (including phenoxy) is 2. The van der Waals surface area contributed by atoms with E-state index in [0.717, 1.165) is 35.5 Å². The Kier molecular flexibility index (Phi) is 7.16. The predicted octanol–water partition coefficient (Wildman–Crippen LogP) is 3.08. The number of hydrogen-bond donors (Lipinski definition) is 1. The molecule has 9 heteroatoms. The van der Waals surface area contributed by atoms with Gasteiger partial charge in [-0.05, 0) is 62.6 Å². The van der Waals surface area contributed by atoms with Gasteiger partial charge in [-0.15, -0.1) is 10.2 Å². The number of rotatable bonds is 8. The summed E-state index contributed by atoms with van der Waals surface area (Å²) >= 11 is 1.53. The normalized spacial score (nSPS) is 15.5. The molecule has 0 unspecified atom stereocenters. The topological polar surface area (TPSA) is 83.8 Å². The van der Waals surface area contributed by atoms with Crippen LogP contribution in [-0.2, 0) is 10.5 Å². The maximum absolute atomic E-state index is 11.7. The number of aromatic nitrogens is 3. The summed E-state index contributed by atoms with van der Waals surface area (Å²) in [5.41, 5.74) is 0.992. The molecule has 1 aliphatic heterocycles. The zero-order chi connectivity index (χ0) is 22.5. The molecule has 0 bridgehead atoms. The number of esters is 1. The highest BCUT2D eigenvalue weighted by Gasteiger charge is 2.28. The van der Waals surface area contributed by atoms with E-state index in [0.29, 0.717) is 11.5 Å². The lowest BCUT2D eigenvalue weighted by atomic mass is 10.1. The number of quaternary nitrogens is 1. The monoisotopic (exact) mass is 457 g/mol. The van der Waals surface area contributed by atoms with Crippen LogP contribution in [0, 0.1) is 0 Å². The second-order valence-electron chi connectivity index (χ2n) is 7.86. The Hall–Kier alpha value is -2.78. The maximum Gasteiger partial charge on any atom is 0.373 e. The number of thioether (sulfide) groups is 1. The van der Waals surface area contributed by atoms with Crippen LogP contribution in [0.1, 0.15) is 54.4 Å². The van der Waals surface area contributed by atoms with E-state index in [-0.39, 0.29) is 11.8 Å². The number of hydrogen-bond acceptors (Lipinski definition) is 7. The molecule has 2 aromatic heterocycles. The van der Waals surface area contributed by atoms with Gasteiger partial charge in [0.2, 0.25) is 5.76 Å². The number of likely N-dealkylation sites (tertiary alicyclic amines) is 1. The summed E-state index contributed by atoms with van der Waals surface area (Å²) in [4.78, 5) is 13.2. The third-order valence-corrected chi connectivity index (χ3v) is 6.83. The number of methoxy groups -OCH3 is 2. The highest BCUT2D eigenvalue weighted by molar-refractivity contribution is 7.98. The number of nitrogens with one attached hydrogen (secondary N) is 1. The van der Waals surface area contributed by atoms with Crippen molar-refractivity contribution in [1.82, 2.24) is 14.8 Å². The van der Waals surface area contributed by atoms with Crippen LogP contribution in [0.15, 0.2) is 46.0 Å². The summed E-state index contributed by atoms with van der Waals surface area (Å²) < 4.78 is 17.8. The molecule has 1 atom stereocenters. The standard InChI is InChI=1S/C23H28N4O4S/c1-16(26-13-5-4-6-14-26)21-24-25-23(27(21)17-7-9-18(29-2)10-8-17)32-15-19-11-12-20(31-19)22(28)30-3/h7-12,16H,4-6,13-15H2,1-3H3/p+1/t16-/m1/s1. The molecule has 1 saturated heterocycles. The largest absolute Gasteiger partial charge is 0.497 e. The Morgan fingerprint density at radius 3 is 2.56 bits per heavy atom. The van der Waals surface area contributed by atoms with Crippen LogP contribution in [-0.4, -0.2) is 48.0 Å². The van der Waals surface area contributed by atoms with Crippen molar-refractivity contribution in [3.8, 4) is 11.4 Å². The molecular weight excluding hydrogens is 428 g/mol. The van der Waals surface area contributed by atoms with Crippen LogP contribution in [0.5, 0.6) is 5.75 Å². The van der Waals surface area contributed by atoms with Gasteiger partial charge in [0.1, 0.15) is 17.6 Å². The Morgan fingerprint density at radius 1 is 1.12 bits per heavy atom. The zero-order valence-electron chi connectivity index (χ0n) is 18.7. The second kappa shape index (κ2) is 10.2. The summed E-state index contributed by atoms with van der Waals surface area (Å²) in [6.45, 7) is 4.54. The number of benzene rings is 1. The van der Waals surface area contributed by atoms with Crippen molar-refractivity contribution in [3.63, 3.8) is 0 Å². The molecule has 0 radical (unpaired) electrons. The Morgan fingerprint density at radius 2 is 1.88 bits per heavy atom. The molecule has 1 aromatic carbocycles. The first-order chi connectivity index (χ1) is 15.6.